The summed E-state index contributed by atoms with van der Waals surface area (Å²) in [5.74, 6) is -3.77. The van der Waals surface area contributed by atoms with Crippen molar-refractivity contribution in [3.05, 3.63) is 53.8 Å². The lowest BCUT2D eigenvalue weighted by Crippen LogP contribution is -2.45. The largest absolute Gasteiger partial charge is 0.481 e. The van der Waals surface area contributed by atoms with Crippen LogP contribution in [-0.4, -0.2) is 34.7 Å². The molecule has 3 aliphatic heterocycles. The van der Waals surface area contributed by atoms with Crippen LogP contribution >= 0.6 is 11.6 Å². The molecular formula is C18H15ClFNO4. The highest BCUT2D eigenvalue weighted by molar-refractivity contribution is 6.31. The first-order valence-corrected chi connectivity index (χ1v) is 8.27. The highest BCUT2D eigenvalue weighted by atomic mass is 35.5. The zero-order valence-corrected chi connectivity index (χ0v) is 13.8. The molecule has 1 aromatic carbocycles. The van der Waals surface area contributed by atoms with Gasteiger partial charge in [0.1, 0.15) is 17.3 Å². The average molecular weight is 364 g/mol. The fraction of sp³-hybridized carbons (Fsp3) is 0.333. The molecular weight excluding hydrogens is 349 g/mol. The molecule has 130 valence electrons. The number of nitrogens with zero attached hydrogens (tertiary/aromatic N) is 1. The Labute approximate surface area is 148 Å². The summed E-state index contributed by atoms with van der Waals surface area (Å²) in [7, 11) is 0. The number of rotatable bonds is 4. The Hall–Kier alpha value is -2.18. The monoisotopic (exact) mass is 363 g/mol. The van der Waals surface area contributed by atoms with Crippen LogP contribution in [0.3, 0.4) is 0 Å². The molecule has 3 heterocycles. The van der Waals surface area contributed by atoms with E-state index in [2.05, 4.69) is 6.58 Å². The maximum Gasteiger partial charge on any atom is 0.310 e. The maximum absolute atomic E-state index is 13.5. The molecule has 1 N–H and O–H groups in total. The van der Waals surface area contributed by atoms with Crippen molar-refractivity contribution in [3.8, 4) is 0 Å². The van der Waals surface area contributed by atoms with Crippen molar-refractivity contribution in [1.29, 1.82) is 0 Å². The zero-order chi connectivity index (χ0) is 17.9. The van der Waals surface area contributed by atoms with Gasteiger partial charge in [-0.05, 0) is 24.6 Å². The predicted molar refractivity (Wildman–Crippen MR) is 88.9 cm³/mol. The number of amides is 1. The molecule has 25 heavy (non-hydrogen) atoms. The van der Waals surface area contributed by atoms with E-state index >= 15 is 0 Å². The van der Waals surface area contributed by atoms with Crippen molar-refractivity contribution in [1.82, 2.24) is 0 Å². The minimum atomic E-state index is -1.06. The van der Waals surface area contributed by atoms with Crippen molar-refractivity contribution >= 4 is 29.2 Å². The Morgan fingerprint density at radius 1 is 1.52 bits per heavy atom. The number of fused-ring (bicyclic) bond motifs is 1. The Balaban J connectivity index is 1.84. The molecule has 7 heteroatoms. The van der Waals surface area contributed by atoms with Crippen LogP contribution in [0.4, 0.5) is 10.1 Å². The molecule has 0 radical (unpaired) electrons. The van der Waals surface area contributed by atoms with Gasteiger partial charge >= 0.3 is 5.97 Å². The average Bonchev–Trinajstić information content (AvgIpc) is 3.20. The number of hydrogen-bond acceptors (Lipinski definition) is 3. The highest BCUT2D eigenvalue weighted by Crippen LogP contribution is 2.56. The van der Waals surface area contributed by atoms with Gasteiger partial charge in [0, 0.05) is 5.69 Å². The summed E-state index contributed by atoms with van der Waals surface area (Å²) >= 11 is 5.87. The second-order valence-electron chi connectivity index (χ2n) is 6.48. The quantitative estimate of drug-likeness (QED) is 0.835. The third-order valence-electron chi connectivity index (χ3n) is 5.28. The van der Waals surface area contributed by atoms with E-state index in [9.17, 15) is 19.1 Å². The van der Waals surface area contributed by atoms with E-state index in [0.717, 1.165) is 0 Å². The van der Waals surface area contributed by atoms with Gasteiger partial charge in [-0.15, -0.1) is 6.58 Å². The van der Waals surface area contributed by atoms with Crippen LogP contribution in [0.2, 0.25) is 5.02 Å². The van der Waals surface area contributed by atoms with Gasteiger partial charge in [-0.2, -0.15) is 0 Å². The summed E-state index contributed by atoms with van der Waals surface area (Å²) in [4.78, 5) is 26.3. The zero-order valence-electron chi connectivity index (χ0n) is 13.1. The first-order chi connectivity index (χ1) is 11.9. The van der Waals surface area contributed by atoms with Gasteiger partial charge in [0.15, 0.2) is 0 Å². The number of carbonyl (C=O) groups is 2. The van der Waals surface area contributed by atoms with E-state index in [0.29, 0.717) is 12.1 Å². The minimum absolute atomic E-state index is 0.104. The second kappa shape index (κ2) is 5.41. The molecule has 0 saturated carbocycles. The number of aliphatic carboxylic acids is 1. The van der Waals surface area contributed by atoms with E-state index in [1.54, 1.807) is 18.2 Å². The maximum atomic E-state index is 13.5. The lowest BCUT2D eigenvalue weighted by atomic mass is 9.74. The fourth-order valence-corrected chi connectivity index (χ4v) is 4.50. The normalized spacial score (nSPS) is 35.3. The summed E-state index contributed by atoms with van der Waals surface area (Å²) in [5, 5.41) is 9.47. The van der Waals surface area contributed by atoms with Gasteiger partial charge in [0.05, 0.1) is 23.1 Å². The van der Waals surface area contributed by atoms with Crippen molar-refractivity contribution < 1.29 is 23.8 Å². The Morgan fingerprint density at radius 3 is 2.92 bits per heavy atom. The van der Waals surface area contributed by atoms with Gasteiger partial charge in [-0.3, -0.25) is 9.59 Å². The first kappa shape index (κ1) is 16.3. The number of halogens is 2. The molecule has 0 unspecified atom stereocenters. The van der Waals surface area contributed by atoms with Crippen molar-refractivity contribution in [2.75, 3.05) is 4.90 Å². The third-order valence-corrected chi connectivity index (χ3v) is 5.57. The first-order valence-electron chi connectivity index (χ1n) is 7.89. The molecule has 2 fully saturated rings. The van der Waals surface area contributed by atoms with Crippen molar-refractivity contribution in [3.63, 3.8) is 0 Å². The van der Waals surface area contributed by atoms with Crippen LogP contribution in [0.25, 0.3) is 0 Å². The van der Waals surface area contributed by atoms with Gasteiger partial charge in [0.2, 0.25) is 5.91 Å². The summed E-state index contributed by atoms with van der Waals surface area (Å²) in [6, 6.07) is 3.55. The van der Waals surface area contributed by atoms with Crippen LogP contribution in [0.1, 0.15) is 6.42 Å². The fourth-order valence-electron chi connectivity index (χ4n) is 4.32. The standard InChI is InChI=1S/C18H15ClFNO4/c1-2-3-13-18-7-6-12(25-18)14(17(23)24)15(18)16(22)21(13)9-4-5-11(20)10(19)8-9/h2,4-8,12-15H,1,3H2,(H,23,24)/t12-,13-,14+,15-,18-/m1/s1. The number of ether oxygens (including phenoxy) is 1. The van der Waals surface area contributed by atoms with Crippen LogP contribution < -0.4 is 4.90 Å². The highest BCUT2D eigenvalue weighted by Gasteiger charge is 2.71. The van der Waals surface area contributed by atoms with Gasteiger partial charge in [0.25, 0.3) is 0 Å². The van der Waals surface area contributed by atoms with E-state index in [4.69, 9.17) is 16.3 Å². The lowest BCUT2D eigenvalue weighted by molar-refractivity contribution is -0.146. The molecule has 5 atom stereocenters. The molecule has 3 aliphatic rings. The number of benzene rings is 1. The molecule has 1 spiro atoms. The van der Waals surface area contributed by atoms with E-state index in [1.165, 1.54) is 23.1 Å². The molecule has 5 nitrogen and oxygen atoms in total. The van der Waals surface area contributed by atoms with Crippen molar-refractivity contribution in [2.24, 2.45) is 11.8 Å². The number of carbonyl (C=O) groups excluding carboxylic acids is 1. The topological polar surface area (TPSA) is 66.8 Å². The Kier molecular flexibility index (Phi) is 3.53. The SMILES string of the molecule is C=CC[C@H]1N(c2ccc(F)c(Cl)c2)C(=O)[C@H]2[C@@H](C(=O)O)[C@H]3C=C[C@]21O3. The van der Waals surface area contributed by atoms with Crippen LogP contribution in [-0.2, 0) is 14.3 Å². The summed E-state index contributed by atoms with van der Waals surface area (Å²) < 4.78 is 19.5. The molecule has 4 rings (SSSR count). The Morgan fingerprint density at radius 2 is 2.28 bits per heavy atom. The van der Waals surface area contributed by atoms with E-state index in [1.807, 2.05) is 0 Å². The summed E-state index contributed by atoms with van der Waals surface area (Å²) in [6.45, 7) is 3.74. The minimum Gasteiger partial charge on any atom is -0.481 e. The number of carboxylic acids is 1. The second-order valence-corrected chi connectivity index (χ2v) is 6.89. The molecule has 2 bridgehead atoms. The molecule has 1 aromatic rings. The third kappa shape index (κ3) is 2.04. The molecule has 1 amide bonds. The smallest absolute Gasteiger partial charge is 0.310 e. The predicted octanol–water partition coefficient (Wildman–Crippen LogP) is 2.79. The molecule has 0 aliphatic carbocycles. The van der Waals surface area contributed by atoms with Gasteiger partial charge in [-0.25, -0.2) is 4.39 Å². The van der Waals surface area contributed by atoms with Crippen LogP contribution in [0.5, 0.6) is 0 Å². The van der Waals surface area contributed by atoms with Gasteiger partial charge < -0.3 is 14.7 Å². The Bertz CT molecular complexity index is 825. The number of carboxylic acid groups (broad SMARTS) is 1. The van der Waals surface area contributed by atoms with Gasteiger partial charge in [-0.1, -0.05) is 29.8 Å². The molecule has 0 aromatic heterocycles. The lowest BCUT2D eigenvalue weighted by Gasteiger charge is -2.32. The van der Waals surface area contributed by atoms with Crippen molar-refractivity contribution in [2.45, 2.75) is 24.2 Å². The molecule has 2 saturated heterocycles. The van der Waals surface area contributed by atoms with Crippen LogP contribution in [0, 0.1) is 17.7 Å². The number of hydrogen-bond donors (Lipinski definition) is 1. The van der Waals surface area contributed by atoms with E-state index in [-0.39, 0.29) is 10.9 Å². The number of anilines is 1. The summed E-state index contributed by atoms with van der Waals surface area (Å²) in [6.07, 6.45) is 4.95. The summed E-state index contributed by atoms with van der Waals surface area (Å²) in [5.41, 5.74) is -0.600. The van der Waals surface area contributed by atoms with Crippen LogP contribution in [0.15, 0.2) is 43.0 Å². The van der Waals surface area contributed by atoms with E-state index < -0.39 is 41.4 Å².